The van der Waals surface area contributed by atoms with Gasteiger partial charge in [0.15, 0.2) is 5.17 Å². The Morgan fingerprint density at radius 3 is 2.73 bits per heavy atom. The Hall–Kier alpha value is -2.54. The zero-order chi connectivity index (χ0) is 26.2. The SMILES string of the molecule is CCCN1c2cc(Cl)c(/C=C3/SC(=Nc4ccccc4)N(CC4CCCO4)C3=O)cc2C(C)=CC1(C)C. The van der Waals surface area contributed by atoms with E-state index in [1.54, 1.807) is 4.90 Å². The van der Waals surface area contributed by atoms with E-state index < -0.39 is 0 Å². The molecular formula is C30H34ClN3O2S. The Kier molecular flexibility index (Phi) is 7.53. The number of carbonyl (C=O) groups is 1. The van der Waals surface area contributed by atoms with Gasteiger partial charge < -0.3 is 9.64 Å². The summed E-state index contributed by atoms with van der Waals surface area (Å²) in [6, 6.07) is 13.9. The van der Waals surface area contributed by atoms with E-state index in [0.717, 1.165) is 54.9 Å². The van der Waals surface area contributed by atoms with Crippen molar-refractivity contribution in [2.45, 2.75) is 58.6 Å². The largest absolute Gasteiger partial charge is 0.376 e. The third kappa shape index (κ3) is 5.38. The van der Waals surface area contributed by atoms with Crippen molar-refractivity contribution in [3.8, 4) is 0 Å². The van der Waals surface area contributed by atoms with Gasteiger partial charge in [0.1, 0.15) is 0 Å². The van der Waals surface area contributed by atoms with E-state index in [1.165, 1.54) is 17.3 Å². The van der Waals surface area contributed by atoms with E-state index in [1.807, 2.05) is 36.4 Å². The Balaban J connectivity index is 1.51. The molecule has 2 fully saturated rings. The van der Waals surface area contributed by atoms with E-state index in [0.29, 0.717) is 21.6 Å². The second-order valence-electron chi connectivity index (χ2n) is 10.4. The molecule has 5 nitrogen and oxygen atoms in total. The molecule has 3 aliphatic heterocycles. The molecule has 37 heavy (non-hydrogen) atoms. The zero-order valence-electron chi connectivity index (χ0n) is 22.0. The van der Waals surface area contributed by atoms with Gasteiger partial charge in [-0.05, 0) is 93.3 Å². The second kappa shape index (κ2) is 10.7. The molecule has 1 amide bonds. The number of amidine groups is 1. The highest BCUT2D eigenvalue weighted by Crippen LogP contribution is 2.43. The Morgan fingerprint density at radius 1 is 1.24 bits per heavy atom. The summed E-state index contributed by atoms with van der Waals surface area (Å²) in [6.45, 7) is 11.0. The molecular weight excluding hydrogens is 502 g/mol. The number of halogens is 1. The molecule has 0 spiro atoms. The lowest BCUT2D eigenvalue weighted by Gasteiger charge is -2.43. The maximum Gasteiger partial charge on any atom is 0.266 e. The number of carbonyl (C=O) groups excluding carboxylic acids is 1. The number of fused-ring (bicyclic) bond motifs is 1. The first-order valence-corrected chi connectivity index (χ1v) is 14.2. The summed E-state index contributed by atoms with van der Waals surface area (Å²) in [7, 11) is 0. The smallest absolute Gasteiger partial charge is 0.266 e. The molecule has 3 heterocycles. The average Bonchev–Trinajstić information content (AvgIpc) is 3.47. The normalized spacial score (nSPS) is 23.2. The zero-order valence-corrected chi connectivity index (χ0v) is 23.5. The van der Waals surface area contributed by atoms with Crippen LogP contribution in [0, 0.1) is 0 Å². The number of thioether (sulfide) groups is 1. The van der Waals surface area contributed by atoms with Crippen molar-refractivity contribution in [2.24, 2.45) is 4.99 Å². The molecule has 0 N–H and O–H groups in total. The van der Waals surface area contributed by atoms with Crippen LogP contribution < -0.4 is 4.90 Å². The van der Waals surface area contributed by atoms with Gasteiger partial charge in [0.25, 0.3) is 5.91 Å². The van der Waals surface area contributed by atoms with Gasteiger partial charge in [0.05, 0.1) is 28.8 Å². The van der Waals surface area contributed by atoms with Crippen LogP contribution in [0.3, 0.4) is 0 Å². The van der Waals surface area contributed by atoms with Crippen molar-refractivity contribution in [1.82, 2.24) is 4.90 Å². The monoisotopic (exact) mass is 535 g/mol. The minimum absolute atomic E-state index is 0.0397. The van der Waals surface area contributed by atoms with Gasteiger partial charge in [0, 0.05) is 29.4 Å². The highest BCUT2D eigenvalue weighted by Gasteiger charge is 2.36. The molecule has 0 radical (unpaired) electrons. The summed E-state index contributed by atoms with van der Waals surface area (Å²) in [6.07, 6.45) is 7.31. The van der Waals surface area contributed by atoms with Crippen LogP contribution in [0.15, 0.2) is 58.4 Å². The lowest BCUT2D eigenvalue weighted by atomic mass is 9.87. The second-order valence-corrected chi connectivity index (χ2v) is 11.8. The van der Waals surface area contributed by atoms with E-state index in [-0.39, 0.29) is 17.6 Å². The number of ether oxygens (including phenoxy) is 1. The van der Waals surface area contributed by atoms with Crippen molar-refractivity contribution in [3.05, 3.63) is 69.6 Å². The van der Waals surface area contributed by atoms with Crippen molar-refractivity contribution in [3.63, 3.8) is 0 Å². The number of aliphatic imine (C=N–C) groups is 1. The number of nitrogens with zero attached hydrogens (tertiary/aromatic N) is 3. The number of rotatable bonds is 6. The quantitative estimate of drug-likeness (QED) is 0.358. The Morgan fingerprint density at radius 2 is 2.03 bits per heavy atom. The van der Waals surface area contributed by atoms with Crippen LogP contribution in [0.4, 0.5) is 11.4 Å². The highest BCUT2D eigenvalue weighted by atomic mass is 35.5. The molecule has 3 aliphatic rings. The predicted molar refractivity (Wildman–Crippen MR) is 157 cm³/mol. The molecule has 5 rings (SSSR count). The number of allylic oxidation sites excluding steroid dienone is 1. The van der Waals surface area contributed by atoms with Gasteiger partial charge >= 0.3 is 0 Å². The van der Waals surface area contributed by atoms with Gasteiger partial charge in [0.2, 0.25) is 0 Å². The number of anilines is 1. The van der Waals surface area contributed by atoms with Crippen LogP contribution in [-0.2, 0) is 9.53 Å². The Labute approximate surface area is 229 Å². The van der Waals surface area contributed by atoms with Gasteiger partial charge in [-0.1, -0.05) is 42.8 Å². The topological polar surface area (TPSA) is 45.1 Å². The fraction of sp³-hybridized carbons (Fsp3) is 0.400. The van der Waals surface area contributed by atoms with Gasteiger partial charge in [-0.3, -0.25) is 9.69 Å². The van der Waals surface area contributed by atoms with Gasteiger partial charge in [-0.25, -0.2) is 4.99 Å². The number of para-hydroxylation sites is 1. The molecule has 0 saturated carbocycles. The molecule has 2 aromatic rings. The van der Waals surface area contributed by atoms with Crippen molar-refractivity contribution >= 4 is 57.5 Å². The highest BCUT2D eigenvalue weighted by molar-refractivity contribution is 8.18. The molecule has 0 aromatic heterocycles. The van der Waals surface area contributed by atoms with Crippen molar-refractivity contribution in [1.29, 1.82) is 0 Å². The number of benzene rings is 2. The first kappa shape index (κ1) is 26.1. The lowest BCUT2D eigenvalue weighted by molar-refractivity contribution is -0.123. The lowest BCUT2D eigenvalue weighted by Crippen LogP contribution is -2.45. The molecule has 0 aliphatic carbocycles. The maximum atomic E-state index is 13.6. The summed E-state index contributed by atoms with van der Waals surface area (Å²) in [5.74, 6) is -0.0509. The minimum Gasteiger partial charge on any atom is -0.376 e. The maximum absolute atomic E-state index is 13.6. The van der Waals surface area contributed by atoms with Crippen LogP contribution in [0.25, 0.3) is 11.6 Å². The first-order valence-electron chi connectivity index (χ1n) is 13.0. The van der Waals surface area contributed by atoms with Crippen LogP contribution in [0.1, 0.15) is 58.1 Å². The third-order valence-electron chi connectivity index (χ3n) is 7.11. The molecule has 2 saturated heterocycles. The summed E-state index contributed by atoms with van der Waals surface area (Å²) in [5.41, 5.74) is 5.12. The van der Waals surface area contributed by atoms with Crippen molar-refractivity contribution in [2.75, 3.05) is 24.6 Å². The minimum atomic E-state index is -0.0840. The molecule has 0 bridgehead atoms. The number of hydrogen-bond acceptors (Lipinski definition) is 5. The molecule has 1 atom stereocenters. The molecule has 2 aromatic carbocycles. The van der Waals surface area contributed by atoms with Crippen LogP contribution in [0.5, 0.6) is 0 Å². The standard InChI is InChI=1S/C30H34ClN3O2S/c1-5-13-34-26-17-25(31)21(15-24(26)20(2)18-30(34,3)4)16-27-28(35)33(19-23-12-9-14-36-23)29(37-27)32-22-10-7-6-8-11-22/h6-8,10-11,15-18,23H,5,9,12-14,19H2,1-4H3/b27-16+,32-29?. The summed E-state index contributed by atoms with van der Waals surface area (Å²) < 4.78 is 5.85. The van der Waals surface area contributed by atoms with E-state index in [2.05, 4.69) is 50.8 Å². The summed E-state index contributed by atoms with van der Waals surface area (Å²) in [4.78, 5) is 23.2. The van der Waals surface area contributed by atoms with Crippen LogP contribution in [-0.4, -0.2) is 47.3 Å². The van der Waals surface area contributed by atoms with Gasteiger partial charge in [-0.15, -0.1) is 0 Å². The number of amides is 1. The van der Waals surface area contributed by atoms with E-state index in [4.69, 9.17) is 21.3 Å². The fourth-order valence-corrected chi connectivity index (χ4v) is 6.57. The van der Waals surface area contributed by atoms with E-state index in [9.17, 15) is 4.79 Å². The average molecular weight is 536 g/mol. The third-order valence-corrected chi connectivity index (χ3v) is 8.44. The summed E-state index contributed by atoms with van der Waals surface area (Å²) in [5, 5.41) is 1.32. The molecule has 194 valence electrons. The van der Waals surface area contributed by atoms with Crippen LogP contribution >= 0.6 is 23.4 Å². The fourth-order valence-electron chi connectivity index (χ4n) is 5.36. The number of hydrogen-bond donors (Lipinski definition) is 0. The Bertz CT molecular complexity index is 1280. The molecule has 1 unspecified atom stereocenters. The first-order chi connectivity index (χ1) is 17.8. The van der Waals surface area contributed by atoms with Crippen molar-refractivity contribution < 1.29 is 9.53 Å². The predicted octanol–water partition coefficient (Wildman–Crippen LogP) is 7.53. The van der Waals surface area contributed by atoms with Crippen LogP contribution in [0.2, 0.25) is 5.02 Å². The van der Waals surface area contributed by atoms with Gasteiger partial charge in [-0.2, -0.15) is 0 Å². The summed E-state index contributed by atoms with van der Waals surface area (Å²) >= 11 is 8.26. The van der Waals surface area contributed by atoms with E-state index >= 15 is 0 Å². The molecule has 7 heteroatoms.